The van der Waals surface area contributed by atoms with Crippen LogP contribution < -0.4 is 0 Å². The van der Waals surface area contributed by atoms with Crippen LogP contribution in [0.2, 0.25) is 0 Å². The van der Waals surface area contributed by atoms with Crippen LogP contribution in [0.3, 0.4) is 0 Å². The zero-order chi connectivity index (χ0) is 12.5. The van der Waals surface area contributed by atoms with E-state index in [2.05, 4.69) is 22.9 Å². The van der Waals surface area contributed by atoms with Gasteiger partial charge in [0.15, 0.2) is 0 Å². The Labute approximate surface area is 114 Å². The highest BCUT2D eigenvalue weighted by Gasteiger charge is 2.50. The number of thioether (sulfide) groups is 1. The van der Waals surface area contributed by atoms with E-state index in [1.807, 2.05) is 24.3 Å². The molecule has 0 spiro atoms. The number of aliphatic carboxylic acids is 1. The predicted molar refractivity (Wildman–Crippen MR) is 73.4 cm³/mol. The van der Waals surface area contributed by atoms with Crippen molar-refractivity contribution < 1.29 is 9.90 Å². The van der Waals surface area contributed by atoms with Crippen molar-refractivity contribution in [1.82, 2.24) is 0 Å². The van der Waals surface area contributed by atoms with Gasteiger partial charge in [-0.2, -0.15) is 0 Å². The van der Waals surface area contributed by atoms with Gasteiger partial charge in [-0.15, -0.1) is 11.8 Å². The molecular formula is C13H15BrO2S. The average molecular weight is 315 g/mol. The lowest BCUT2D eigenvalue weighted by molar-refractivity contribution is -0.143. The molecule has 0 heterocycles. The Morgan fingerprint density at radius 3 is 2.53 bits per heavy atom. The number of carboxylic acids is 1. The maximum Gasteiger partial charge on any atom is 0.320 e. The normalized spacial score (nSPS) is 27.5. The lowest BCUT2D eigenvalue weighted by Gasteiger charge is -2.43. The van der Waals surface area contributed by atoms with Gasteiger partial charge in [-0.05, 0) is 43.0 Å². The zero-order valence-corrected chi connectivity index (χ0v) is 12.1. The van der Waals surface area contributed by atoms with Crippen molar-refractivity contribution in [2.24, 2.45) is 5.92 Å². The van der Waals surface area contributed by atoms with E-state index >= 15 is 0 Å². The summed E-state index contributed by atoms with van der Waals surface area (Å²) in [5.41, 5.74) is 0. The lowest BCUT2D eigenvalue weighted by atomic mass is 9.73. The highest BCUT2D eigenvalue weighted by atomic mass is 79.9. The molecule has 1 fully saturated rings. The minimum atomic E-state index is -0.671. The summed E-state index contributed by atoms with van der Waals surface area (Å²) in [6, 6.07) is 7.85. The van der Waals surface area contributed by atoms with E-state index in [0.29, 0.717) is 5.92 Å². The molecular weight excluding hydrogens is 300 g/mol. The van der Waals surface area contributed by atoms with E-state index in [0.717, 1.165) is 28.6 Å². The van der Waals surface area contributed by atoms with Crippen LogP contribution in [0.5, 0.6) is 0 Å². The van der Waals surface area contributed by atoms with Crippen molar-refractivity contribution in [3.63, 3.8) is 0 Å². The van der Waals surface area contributed by atoms with E-state index in [9.17, 15) is 9.90 Å². The van der Waals surface area contributed by atoms with Crippen LogP contribution in [0.25, 0.3) is 0 Å². The first-order valence-corrected chi connectivity index (χ1v) is 7.34. The summed E-state index contributed by atoms with van der Waals surface area (Å²) < 4.78 is 0.431. The summed E-state index contributed by atoms with van der Waals surface area (Å²) in [4.78, 5) is 12.4. The van der Waals surface area contributed by atoms with Crippen molar-refractivity contribution in [1.29, 1.82) is 0 Å². The molecule has 0 amide bonds. The number of hydrogen-bond acceptors (Lipinski definition) is 2. The molecule has 0 atom stereocenters. The Balaban J connectivity index is 2.10. The number of carboxylic acid groups (broad SMARTS) is 1. The number of benzene rings is 1. The van der Waals surface area contributed by atoms with Crippen molar-refractivity contribution in [2.45, 2.75) is 35.8 Å². The van der Waals surface area contributed by atoms with Crippen LogP contribution in [0.15, 0.2) is 33.6 Å². The maximum absolute atomic E-state index is 11.4. The third-order valence-electron chi connectivity index (χ3n) is 3.33. The Hall–Kier alpha value is -0.480. The fourth-order valence-electron chi connectivity index (χ4n) is 2.19. The predicted octanol–water partition coefficient (Wildman–Crippen LogP) is 4.18. The molecule has 1 aromatic carbocycles. The van der Waals surface area contributed by atoms with Crippen LogP contribution in [-0.2, 0) is 4.79 Å². The minimum absolute atomic E-state index is 0.578. The Morgan fingerprint density at radius 2 is 2.06 bits per heavy atom. The molecule has 0 saturated heterocycles. The number of carbonyl (C=O) groups is 1. The first-order chi connectivity index (χ1) is 8.05. The van der Waals surface area contributed by atoms with E-state index in [-0.39, 0.29) is 0 Å². The molecule has 92 valence electrons. The summed E-state index contributed by atoms with van der Waals surface area (Å²) >= 11 is 4.87. The molecule has 1 aliphatic carbocycles. The number of rotatable bonds is 4. The SMILES string of the molecule is CCC1CC(Sc2ccc(Br)cc2)(C(=O)O)C1. The zero-order valence-electron chi connectivity index (χ0n) is 9.65. The molecule has 1 aromatic rings. The van der Waals surface area contributed by atoms with Gasteiger partial charge >= 0.3 is 5.97 Å². The molecule has 2 nitrogen and oxygen atoms in total. The van der Waals surface area contributed by atoms with Gasteiger partial charge in [0.25, 0.3) is 0 Å². The largest absolute Gasteiger partial charge is 0.480 e. The van der Waals surface area contributed by atoms with Gasteiger partial charge in [-0.1, -0.05) is 29.3 Å². The van der Waals surface area contributed by atoms with Gasteiger partial charge in [-0.3, -0.25) is 4.79 Å². The van der Waals surface area contributed by atoms with Crippen LogP contribution in [0, 0.1) is 5.92 Å². The van der Waals surface area contributed by atoms with Crippen molar-refractivity contribution in [3.05, 3.63) is 28.7 Å². The number of halogens is 1. The molecule has 1 aliphatic rings. The van der Waals surface area contributed by atoms with Gasteiger partial charge in [0, 0.05) is 9.37 Å². The molecule has 4 heteroatoms. The Bertz CT molecular complexity index is 410. The van der Waals surface area contributed by atoms with Crippen molar-refractivity contribution >= 4 is 33.7 Å². The molecule has 1 saturated carbocycles. The van der Waals surface area contributed by atoms with E-state index in [1.165, 1.54) is 11.8 Å². The van der Waals surface area contributed by atoms with Crippen molar-refractivity contribution in [2.75, 3.05) is 0 Å². The van der Waals surface area contributed by atoms with E-state index in [4.69, 9.17) is 0 Å². The lowest BCUT2D eigenvalue weighted by Crippen LogP contribution is -2.47. The topological polar surface area (TPSA) is 37.3 Å². The highest BCUT2D eigenvalue weighted by Crippen LogP contribution is 2.52. The molecule has 0 aliphatic heterocycles. The first kappa shape index (κ1) is 13.0. The maximum atomic E-state index is 11.4. The second kappa shape index (κ2) is 5.02. The number of hydrogen-bond donors (Lipinski definition) is 1. The standard InChI is InChI=1S/C13H15BrO2S/c1-2-9-7-13(8-9,12(15)16)17-11-5-3-10(14)4-6-11/h3-6,9H,2,7-8H2,1H3,(H,15,16). The summed E-state index contributed by atoms with van der Waals surface area (Å²) in [6.07, 6.45) is 2.66. The van der Waals surface area contributed by atoms with E-state index < -0.39 is 10.7 Å². The molecule has 0 bridgehead atoms. The second-order valence-corrected chi connectivity index (χ2v) is 6.91. The van der Waals surface area contributed by atoms with Crippen LogP contribution in [0.1, 0.15) is 26.2 Å². The summed E-state index contributed by atoms with van der Waals surface area (Å²) in [5, 5.41) is 9.38. The molecule has 2 rings (SSSR count). The summed E-state index contributed by atoms with van der Waals surface area (Å²) in [5.74, 6) is -0.0934. The highest BCUT2D eigenvalue weighted by molar-refractivity contribution is 9.10. The summed E-state index contributed by atoms with van der Waals surface area (Å²) in [7, 11) is 0. The smallest absolute Gasteiger partial charge is 0.320 e. The van der Waals surface area contributed by atoms with Gasteiger partial charge in [0.1, 0.15) is 4.75 Å². The quantitative estimate of drug-likeness (QED) is 0.905. The van der Waals surface area contributed by atoms with Crippen molar-refractivity contribution in [3.8, 4) is 0 Å². The molecule has 0 unspecified atom stereocenters. The van der Waals surface area contributed by atoms with Crippen LogP contribution in [-0.4, -0.2) is 15.8 Å². The minimum Gasteiger partial charge on any atom is -0.480 e. The molecule has 0 radical (unpaired) electrons. The Morgan fingerprint density at radius 1 is 1.47 bits per heavy atom. The van der Waals surface area contributed by atoms with Gasteiger partial charge < -0.3 is 5.11 Å². The molecule has 0 aromatic heterocycles. The fraction of sp³-hybridized carbons (Fsp3) is 0.462. The van der Waals surface area contributed by atoms with Gasteiger partial charge in [-0.25, -0.2) is 0 Å². The fourth-order valence-corrected chi connectivity index (χ4v) is 3.90. The monoisotopic (exact) mass is 314 g/mol. The summed E-state index contributed by atoms with van der Waals surface area (Å²) in [6.45, 7) is 2.13. The van der Waals surface area contributed by atoms with E-state index in [1.54, 1.807) is 0 Å². The van der Waals surface area contributed by atoms with Gasteiger partial charge in [0.05, 0.1) is 0 Å². The van der Waals surface area contributed by atoms with Crippen LogP contribution in [0.4, 0.5) is 0 Å². The Kier molecular flexibility index (Phi) is 3.83. The third kappa shape index (κ3) is 2.68. The first-order valence-electron chi connectivity index (χ1n) is 5.74. The average Bonchev–Trinajstić information content (AvgIpc) is 2.25. The molecule has 1 N–H and O–H groups in total. The second-order valence-electron chi connectivity index (χ2n) is 4.54. The van der Waals surface area contributed by atoms with Gasteiger partial charge in [0.2, 0.25) is 0 Å². The molecule has 17 heavy (non-hydrogen) atoms. The third-order valence-corrected chi connectivity index (χ3v) is 5.27. The van der Waals surface area contributed by atoms with Crippen LogP contribution >= 0.6 is 27.7 Å².